The van der Waals surface area contributed by atoms with Crippen LogP contribution < -0.4 is 15.0 Å². The molecule has 1 fully saturated rings. The number of halogens is 2. The second kappa shape index (κ2) is 8.37. The molecule has 1 saturated heterocycles. The number of nitrogens with zero attached hydrogens (tertiary/aromatic N) is 1. The highest BCUT2D eigenvalue weighted by Crippen LogP contribution is 2.52. The zero-order valence-electron chi connectivity index (χ0n) is 17.5. The zero-order chi connectivity index (χ0) is 20.6. The molecule has 0 amide bonds. The number of benzene rings is 2. The summed E-state index contributed by atoms with van der Waals surface area (Å²) in [6, 6.07) is 10.3. The third-order valence-corrected chi connectivity index (χ3v) is 6.85. The minimum atomic E-state index is -0.0264. The SMILES string of the molecule is CCCN(CCC)c1cc(-c2ccc(Cl)cc2Cl)cc2c1O[C@H]1CCNC[C@@]21C. The summed E-state index contributed by atoms with van der Waals surface area (Å²) in [7, 11) is 0. The topological polar surface area (TPSA) is 24.5 Å². The first kappa shape index (κ1) is 20.8. The molecule has 5 heteroatoms. The van der Waals surface area contributed by atoms with Crippen molar-refractivity contribution in [3.63, 3.8) is 0 Å². The first-order valence-electron chi connectivity index (χ1n) is 10.7. The molecule has 0 spiro atoms. The lowest BCUT2D eigenvalue weighted by Gasteiger charge is -2.35. The van der Waals surface area contributed by atoms with Crippen molar-refractivity contribution in [1.29, 1.82) is 0 Å². The molecule has 2 aliphatic rings. The van der Waals surface area contributed by atoms with Crippen LogP contribution in [0.25, 0.3) is 11.1 Å². The van der Waals surface area contributed by atoms with Gasteiger partial charge >= 0.3 is 0 Å². The summed E-state index contributed by atoms with van der Waals surface area (Å²) in [5.41, 5.74) is 4.62. The average Bonchev–Trinajstić information content (AvgIpc) is 3.00. The van der Waals surface area contributed by atoms with Crippen LogP contribution in [0.1, 0.15) is 45.6 Å². The average molecular weight is 433 g/mol. The van der Waals surface area contributed by atoms with Crippen LogP contribution in [-0.4, -0.2) is 32.3 Å². The summed E-state index contributed by atoms with van der Waals surface area (Å²) < 4.78 is 6.62. The smallest absolute Gasteiger partial charge is 0.147 e. The van der Waals surface area contributed by atoms with Crippen LogP contribution in [0, 0.1) is 0 Å². The third-order valence-electron chi connectivity index (χ3n) is 6.30. The number of rotatable bonds is 6. The van der Waals surface area contributed by atoms with Crippen molar-refractivity contribution in [2.75, 3.05) is 31.1 Å². The van der Waals surface area contributed by atoms with E-state index in [0.717, 1.165) is 62.3 Å². The predicted octanol–water partition coefficient (Wildman–Crippen LogP) is 6.30. The zero-order valence-corrected chi connectivity index (χ0v) is 19.0. The molecular weight excluding hydrogens is 403 g/mol. The van der Waals surface area contributed by atoms with Crippen LogP contribution in [0.5, 0.6) is 5.75 Å². The molecule has 2 aromatic rings. The quantitative estimate of drug-likeness (QED) is 0.579. The molecule has 0 aliphatic carbocycles. The van der Waals surface area contributed by atoms with Crippen LogP contribution in [0.2, 0.25) is 10.0 Å². The molecule has 0 saturated carbocycles. The fraction of sp³-hybridized carbons (Fsp3) is 0.500. The lowest BCUT2D eigenvalue weighted by Crippen LogP contribution is -2.50. The Kier molecular flexibility index (Phi) is 6.02. The Morgan fingerprint density at radius 2 is 1.90 bits per heavy atom. The molecule has 0 radical (unpaired) electrons. The fourth-order valence-corrected chi connectivity index (χ4v) is 5.30. The number of nitrogens with one attached hydrogen (secondary N) is 1. The summed E-state index contributed by atoms with van der Waals surface area (Å²) in [5.74, 6) is 1.07. The van der Waals surface area contributed by atoms with Crippen molar-refractivity contribution in [3.05, 3.63) is 45.9 Å². The second-order valence-corrected chi connectivity index (χ2v) is 9.32. The maximum absolute atomic E-state index is 6.62. The number of ether oxygens (including phenoxy) is 1. The van der Waals surface area contributed by atoms with Gasteiger partial charge in [-0.2, -0.15) is 0 Å². The largest absolute Gasteiger partial charge is 0.487 e. The van der Waals surface area contributed by atoms with Gasteiger partial charge < -0.3 is 15.0 Å². The third kappa shape index (κ3) is 3.73. The summed E-state index contributed by atoms with van der Waals surface area (Å²) in [4.78, 5) is 2.47. The summed E-state index contributed by atoms with van der Waals surface area (Å²) in [5, 5.41) is 4.92. The molecule has 0 unspecified atom stereocenters. The monoisotopic (exact) mass is 432 g/mol. The Morgan fingerprint density at radius 1 is 1.14 bits per heavy atom. The van der Waals surface area contributed by atoms with Crippen molar-refractivity contribution in [1.82, 2.24) is 5.32 Å². The molecule has 2 aliphatic heterocycles. The lowest BCUT2D eigenvalue weighted by molar-refractivity contribution is 0.121. The number of anilines is 1. The summed E-state index contributed by atoms with van der Waals surface area (Å²) in [6.07, 6.45) is 3.45. The molecule has 3 nitrogen and oxygen atoms in total. The normalized spacial score (nSPS) is 22.7. The van der Waals surface area contributed by atoms with E-state index in [4.69, 9.17) is 27.9 Å². The van der Waals surface area contributed by atoms with E-state index in [9.17, 15) is 0 Å². The highest BCUT2D eigenvalue weighted by molar-refractivity contribution is 6.36. The number of hydrogen-bond donors (Lipinski definition) is 1. The van der Waals surface area contributed by atoms with E-state index in [2.05, 4.69) is 43.1 Å². The summed E-state index contributed by atoms with van der Waals surface area (Å²) >= 11 is 12.8. The van der Waals surface area contributed by atoms with Gasteiger partial charge in [0.2, 0.25) is 0 Å². The van der Waals surface area contributed by atoms with Gasteiger partial charge in [-0.25, -0.2) is 0 Å². The Hall–Kier alpha value is -1.42. The summed E-state index contributed by atoms with van der Waals surface area (Å²) in [6.45, 7) is 10.8. The maximum Gasteiger partial charge on any atom is 0.147 e. The molecule has 156 valence electrons. The maximum atomic E-state index is 6.62. The molecule has 4 rings (SSSR count). The van der Waals surface area contributed by atoms with E-state index in [1.165, 1.54) is 11.3 Å². The molecule has 1 N–H and O–H groups in total. The van der Waals surface area contributed by atoms with Crippen molar-refractivity contribution in [2.45, 2.75) is 51.6 Å². The number of fused-ring (bicyclic) bond motifs is 3. The molecule has 29 heavy (non-hydrogen) atoms. The van der Waals surface area contributed by atoms with Crippen LogP contribution >= 0.6 is 23.2 Å². The Morgan fingerprint density at radius 3 is 2.59 bits per heavy atom. The number of piperidine rings is 1. The first-order valence-corrected chi connectivity index (χ1v) is 11.5. The molecule has 2 aromatic carbocycles. The predicted molar refractivity (Wildman–Crippen MR) is 124 cm³/mol. The van der Waals surface area contributed by atoms with Gasteiger partial charge in [0, 0.05) is 46.2 Å². The van der Waals surface area contributed by atoms with Gasteiger partial charge in [-0.05, 0) is 55.6 Å². The van der Waals surface area contributed by atoms with Crippen molar-refractivity contribution >= 4 is 28.9 Å². The second-order valence-electron chi connectivity index (χ2n) is 8.47. The van der Waals surface area contributed by atoms with Gasteiger partial charge in [0.25, 0.3) is 0 Å². The van der Waals surface area contributed by atoms with Gasteiger partial charge in [0.15, 0.2) is 0 Å². The first-order chi connectivity index (χ1) is 14.0. The molecular formula is C24H30Cl2N2O. The van der Waals surface area contributed by atoms with E-state index >= 15 is 0 Å². The van der Waals surface area contributed by atoms with E-state index in [1.54, 1.807) is 0 Å². The highest BCUT2D eigenvalue weighted by atomic mass is 35.5. The van der Waals surface area contributed by atoms with Crippen LogP contribution in [0.4, 0.5) is 5.69 Å². The van der Waals surface area contributed by atoms with Crippen LogP contribution in [-0.2, 0) is 5.41 Å². The van der Waals surface area contributed by atoms with E-state index in [1.807, 2.05) is 18.2 Å². The Balaban J connectivity index is 1.90. The van der Waals surface area contributed by atoms with E-state index in [-0.39, 0.29) is 11.5 Å². The Bertz CT molecular complexity index is 895. The van der Waals surface area contributed by atoms with Crippen molar-refractivity contribution in [2.24, 2.45) is 0 Å². The van der Waals surface area contributed by atoms with Crippen molar-refractivity contribution in [3.8, 4) is 16.9 Å². The fourth-order valence-electron chi connectivity index (χ4n) is 4.78. The molecule has 0 aromatic heterocycles. The highest BCUT2D eigenvalue weighted by Gasteiger charge is 2.48. The van der Waals surface area contributed by atoms with Crippen molar-refractivity contribution < 1.29 is 4.74 Å². The van der Waals surface area contributed by atoms with Crippen LogP contribution in [0.3, 0.4) is 0 Å². The molecule has 0 bridgehead atoms. The molecule has 2 heterocycles. The lowest BCUT2D eigenvalue weighted by atomic mass is 9.75. The van der Waals surface area contributed by atoms with E-state index in [0.29, 0.717) is 10.0 Å². The van der Waals surface area contributed by atoms with Crippen LogP contribution in [0.15, 0.2) is 30.3 Å². The van der Waals surface area contributed by atoms with Gasteiger partial charge in [-0.3, -0.25) is 0 Å². The molecule has 2 atom stereocenters. The minimum Gasteiger partial charge on any atom is -0.487 e. The van der Waals surface area contributed by atoms with Gasteiger partial charge in [0.1, 0.15) is 11.9 Å². The van der Waals surface area contributed by atoms with Gasteiger partial charge in [-0.15, -0.1) is 0 Å². The number of hydrogen-bond acceptors (Lipinski definition) is 3. The Labute approximate surface area is 184 Å². The van der Waals surface area contributed by atoms with Gasteiger partial charge in [0.05, 0.1) is 5.69 Å². The minimum absolute atomic E-state index is 0.0264. The van der Waals surface area contributed by atoms with Gasteiger partial charge in [-0.1, -0.05) is 50.0 Å². The standard InChI is InChI=1S/C24H30Cl2N2O/c1-4-10-28(11-5-2)21-13-16(18-7-6-17(25)14-20(18)26)12-19-23(21)29-22-8-9-27-15-24(19,22)3/h6-7,12-14,22,27H,4-5,8-11,15H2,1-3H3/t22-,24-/m0/s1. The van der Waals surface area contributed by atoms with E-state index < -0.39 is 0 Å².